The topological polar surface area (TPSA) is 80.3 Å². The van der Waals surface area contributed by atoms with Crippen LogP contribution in [0.5, 0.6) is 0 Å². The summed E-state index contributed by atoms with van der Waals surface area (Å²) in [6, 6.07) is 9.79. The van der Waals surface area contributed by atoms with E-state index in [2.05, 4.69) is 20.4 Å². The minimum atomic E-state index is -0.414. The zero-order valence-corrected chi connectivity index (χ0v) is 11.5. The fourth-order valence-corrected chi connectivity index (χ4v) is 1.67. The van der Waals surface area contributed by atoms with Crippen LogP contribution in [0.2, 0.25) is 0 Å². The summed E-state index contributed by atoms with van der Waals surface area (Å²) < 4.78 is 4.60. The Morgan fingerprint density at radius 3 is 2.57 bits per heavy atom. The Balaban J connectivity index is 1.86. The van der Waals surface area contributed by atoms with Gasteiger partial charge < -0.3 is 15.4 Å². The van der Waals surface area contributed by atoms with Gasteiger partial charge >= 0.3 is 12.0 Å². The van der Waals surface area contributed by atoms with Gasteiger partial charge in [-0.3, -0.25) is 4.98 Å². The van der Waals surface area contributed by atoms with Gasteiger partial charge in [-0.1, -0.05) is 6.07 Å². The Hall–Kier alpha value is -2.89. The molecular formula is C15H15N3O3. The number of carbonyl (C=O) groups excluding carboxylic acids is 2. The normalized spacial score (nSPS) is 9.76. The number of esters is 1. The summed E-state index contributed by atoms with van der Waals surface area (Å²) in [6.07, 6.45) is 3.36. The summed E-state index contributed by atoms with van der Waals surface area (Å²) >= 11 is 0. The molecule has 6 nitrogen and oxygen atoms in total. The molecule has 0 spiro atoms. The molecule has 21 heavy (non-hydrogen) atoms. The monoisotopic (exact) mass is 285 g/mol. The van der Waals surface area contributed by atoms with E-state index >= 15 is 0 Å². The number of rotatable bonds is 4. The molecule has 1 aromatic heterocycles. The van der Waals surface area contributed by atoms with Crippen molar-refractivity contribution in [1.82, 2.24) is 10.3 Å². The maximum Gasteiger partial charge on any atom is 0.337 e. The third kappa shape index (κ3) is 4.31. The smallest absolute Gasteiger partial charge is 0.337 e. The van der Waals surface area contributed by atoms with E-state index in [9.17, 15) is 9.59 Å². The van der Waals surface area contributed by atoms with Gasteiger partial charge in [0.25, 0.3) is 0 Å². The lowest BCUT2D eigenvalue weighted by Gasteiger charge is -2.08. The predicted molar refractivity (Wildman–Crippen MR) is 77.9 cm³/mol. The highest BCUT2D eigenvalue weighted by Crippen LogP contribution is 2.10. The van der Waals surface area contributed by atoms with Crippen LogP contribution in [-0.2, 0) is 11.3 Å². The lowest BCUT2D eigenvalue weighted by Crippen LogP contribution is -2.28. The number of urea groups is 1. The molecule has 1 heterocycles. The van der Waals surface area contributed by atoms with Crippen molar-refractivity contribution in [3.8, 4) is 0 Å². The molecule has 0 unspecified atom stereocenters. The number of aromatic nitrogens is 1. The van der Waals surface area contributed by atoms with Gasteiger partial charge in [0.15, 0.2) is 0 Å². The molecule has 0 fully saturated rings. The van der Waals surface area contributed by atoms with Crippen LogP contribution in [0.3, 0.4) is 0 Å². The van der Waals surface area contributed by atoms with Crippen molar-refractivity contribution in [3.63, 3.8) is 0 Å². The van der Waals surface area contributed by atoms with E-state index in [1.807, 2.05) is 6.07 Å². The lowest BCUT2D eigenvalue weighted by atomic mass is 10.2. The maximum atomic E-state index is 11.7. The molecule has 6 heteroatoms. The molecule has 0 aliphatic carbocycles. The summed E-state index contributed by atoms with van der Waals surface area (Å²) in [5.41, 5.74) is 1.93. The number of nitrogens with zero attached hydrogens (tertiary/aromatic N) is 1. The van der Waals surface area contributed by atoms with Crippen molar-refractivity contribution in [3.05, 3.63) is 59.9 Å². The number of benzene rings is 1. The summed E-state index contributed by atoms with van der Waals surface area (Å²) in [5, 5.41) is 5.39. The van der Waals surface area contributed by atoms with Crippen LogP contribution in [0.25, 0.3) is 0 Å². The van der Waals surface area contributed by atoms with Crippen molar-refractivity contribution < 1.29 is 14.3 Å². The zero-order chi connectivity index (χ0) is 15.1. The third-order valence-corrected chi connectivity index (χ3v) is 2.74. The molecule has 2 rings (SSSR count). The summed E-state index contributed by atoms with van der Waals surface area (Å²) in [4.78, 5) is 27.0. The molecule has 2 aromatic rings. The number of hydrogen-bond donors (Lipinski definition) is 2. The number of carbonyl (C=O) groups is 2. The van der Waals surface area contributed by atoms with Crippen molar-refractivity contribution >= 4 is 17.7 Å². The second-order valence-electron chi connectivity index (χ2n) is 4.24. The Labute approximate surface area is 122 Å². The van der Waals surface area contributed by atoms with E-state index in [0.29, 0.717) is 17.8 Å². The Morgan fingerprint density at radius 1 is 1.19 bits per heavy atom. The van der Waals surface area contributed by atoms with Gasteiger partial charge in [0.1, 0.15) is 0 Å². The molecule has 0 saturated heterocycles. The highest BCUT2D eigenvalue weighted by Gasteiger charge is 2.06. The molecule has 0 aliphatic rings. The fraction of sp³-hybridized carbons (Fsp3) is 0.133. The van der Waals surface area contributed by atoms with Gasteiger partial charge in [-0.25, -0.2) is 9.59 Å². The quantitative estimate of drug-likeness (QED) is 0.844. The maximum absolute atomic E-state index is 11.7. The SMILES string of the molecule is COC(=O)c1ccc(NC(=O)NCc2cccnc2)cc1. The van der Waals surface area contributed by atoms with Gasteiger partial charge in [0.05, 0.1) is 12.7 Å². The van der Waals surface area contributed by atoms with Crippen molar-refractivity contribution in [2.45, 2.75) is 6.54 Å². The summed E-state index contributed by atoms with van der Waals surface area (Å²) in [6.45, 7) is 0.389. The van der Waals surface area contributed by atoms with Crippen LogP contribution in [0, 0.1) is 0 Å². The van der Waals surface area contributed by atoms with Gasteiger partial charge in [0.2, 0.25) is 0 Å². The largest absolute Gasteiger partial charge is 0.465 e. The van der Waals surface area contributed by atoms with Crippen LogP contribution >= 0.6 is 0 Å². The molecular weight excluding hydrogens is 270 g/mol. The number of methoxy groups -OCH3 is 1. The number of pyridine rings is 1. The van der Waals surface area contributed by atoms with E-state index in [0.717, 1.165) is 5.56 Å². The highest BCUT2D eigenvalue weighted by atomic mass is 16.5. The molecule has 2 N–H and O–H groups in total. The predicted octanol–water partition coefficient (Wildman–Crippen LogP) is 2.19. The van der Waals surface area contributed by atoms with E-state index < -0.39 is 5.97 Å². The van der Waals surface area contributed by atoms with Gasteiger partial charge in [0, 0.05) is 24.6 Å². The number of amides is 2. The van der Waals surface area contributed by atoms with Crippen LogP contribution in [0.15, 0.2) is 48.8 Å². The number of nitrogens with one attached hydrogen (secondary N) is 2. The van der Waals surface area contributed by atoms with Crippen molar-refractivity contribution in [2.75, 3.05) is 12.4 Å². The minimum absolute atomic E-state index is 0.329. The summed E-state index contributed by atoms with van der Waals surface area (Å²) in [5.74, 6) is -0.414. The van der Waals surface area contributed by atoms with Gasteiger partial charge in [-0.2, -0.15) is 0 Å². The first-order valence-electron chi connectivity index (χ1n) is 6.31. The molecule has 0 atom stereocenters. The molecule has 108 valence electrons. The second kappa shape index (κ2) is 7.04. The Morgan fingerprint density at radius 2 is 1.95 bits per heavy atom. The molecule has 1 aromatic carbocycles. The number of ether oxygens (including phenoxy) is 1. The van der Waals surface area contributed by atoms with E-state index in [1.54, 1.807) is 42.7 Å². The Kier molecular flexibility index (Phi) is 4.87. The average molecular weight is 285 g/mol. The number of hydrogen-bond acceptors (Lipinski definition) is 4. The van der Waals surface area contributed by atoms with Gasteiger partial charge in [-0.05, 0) is 35.9 Å². The van der Waals surface area contributed by atoms with Gasteiger partial charge in [-0.15, -0.1) is 0 Å². The van der Waals surface area contributed by atoms with Crippen LogP contribution in [-0.4, -0.2) is 24.1 Å². The number of anilines is 1. The van der Waals surface area contributed by atoms with E-state index in [1.165, 1.54) is 7.11 Å². The molecule has 0 saturated carbocycles. The molecule has 0 aliphatic heterocycles. The van der Waals surface area contributed by atoms with Crippen molar-refractivity contribution in [1.29, 1.82) is 0 Å². The van der Waals surface area contributed by atoms with Crippen LogP contribution in [0.1, 0.15) is 15.9 Å². The average Bonchev–Trinajstić information content (AvgIpc) is 2.54. The van der Waals surface area contributed by atoms with E-state index in [-0.39, 0.29) is 6.03 Å². The zero-order valence-electron chi connectivity index (χ0n) is 11.5. The molecule has 2 amide bonds. The van der Waals surface area contributed by atoms with Crippen LogP contribution in [0.4, 0.5) is 10.5 Å². The van der Waals surface area contributed by atoms with Crippen molar-refractivity contribution in [2.24, 2.45) is 0 Å². The lowest BCUT2D eigenvalue weighted by molar-refractivity contribution is 0.0601. The standard InChI is InChI=1S/C15H15N3O3/c1-21-14(19)12-4-6-13(7-5-12)18-15(20)17-10-11-3-2-8-16-9-11/h2-9H,10H2,1H3,(H2,17,18,20). The first-order valence-corrected chi connectivity index (χ1v) is 6.31. The summed E-state index contributed by atoms with van der Waals surface area (Å²) in [7, 11) is 1.32. The van der Waals surface area contributed by atoms with Crippen LogP contribution < -0.4 is 10.6 Å². The fourth-order valence-electron chi connectivity index (χ4n) is 1.67. The third-order valence-electron chi connectivity index (χ3n) is 2.74. The Bertz CT molecular complexity index is 612. The first-order chi connectivity index (χ1) is 10.2. The minimum Gasteiger partial charge on any atom is -0.465 e. The molecule has 0 radical (unpaired) electrons. The highest BCUT2D eigenvalue weighted by molar-refractivity contribution is 5.92. The molecule has 0 bridgehead atoms. The first kappa shape index (κ1) is 14.5. The second-order valence-corrected chi connectivity index (χ2v) is 4.24. The van der Waals surface area contributed by atoms with E-state index in [4.69, 9.17) is 0 Å².